The van der Waals surface area contributed by atoms with E-state index in [0.717, 1.165) is 52.1 Å². The van der Waals surface area contributed by atoms with E-state index in [1.54, 1.807) is 28.6 Å². The number of carbonyl (C=O) groups excluding carboxylic acids is 1. The fourth-order valence-electron chi connectivity index (χ4n) is 3.45. The molecule has 8 heteroatoms. The number of hydrogen-bond donors (Lipinski definition) is 1. The molecule has 2 heterocycles. The van der Waals surface area contributed by atoms with Crippen LogP contribution in [0.3, 0.4) is 0 Å². The lowest BCUT2D eigenvalue weighted by molar-refractivity contribution is 0.0374. The summed E-state index contributed by atoms with van der Waals surface area (Å²) in [6.45, 7) is 6.29. The van der Waals surface area contributed by atoms with Crippen LogP contribution in [0.25, 0.3) is 0 Å². The van der Waals surface area contributed by atoms with E-state index in [4.69, 9.17) is 4.74 Å². The van der Waals surface area contributed by atoms with Gasteiger partial charge in [0.1, 0.15) is 0 Å². The molecule has 0 aromatic heterocycles. The molecule has 0 spiro atoms. The molecule has 2 aliphatic rings. The SMILES string of the molecule is O=C(NCCCN1CCOCC1)c1ccc(CS(=O)(=O)N2CCCC2)cc1. The molecule has 0 bridgehead atoms. The lowest BCUT2D eigenvalue weighted by Gasteiger charge is -2.26. The van der Waals surface area contributed by atoms with Gasteiger partial charge in [0, 0.05) is 38.3 Å². The highest BCUT2D eigenvalue weighted by Gasteiger charge is 2.25. The first-order chi connectivity index (χ1) is 13.0. The van der Waals surface area contributed by atoms with Gasteiger partial charge < -0.3 is 10.1 Å². The number of sulfonamides is 1. The van der Waals surface area contributed by atoms with Gasteiger partial charge >= 0.3 is 0 Å². The lowest BCUT2D eigenvalue weighted by Crippen LogP contribution is -2.38. The van der Waals surface area contributed by atoms with Gasteiger partial charge in [0.2, 0.25) is 10.0 Å². The zero-order chi connectivity index (χ0) is 19.1. The maximum Gasteiger partial charge on any atom is 0.251 e. The fourth-order valence-corrected chi connectivity index (χ4v) is 5.06. The number of carbonyl (C=O) groups is 1. The predicted molar refractivity (Wildman–Crippen MR) is 104 cm³/mol. The van der Waals surface area contributed by atoms with Crippen molar-refractivity contribution in [2.24, 2.45) is 0 Å². The number of nitrogens with zero attached hydrogens (tertiary/aromatic N) is 2. The zero-order valence-electron chi connectivity index (χ0n) is 15.7. The Morgan fingerprint density at radius 3 is 2.37 bits per heavy atom. The largest absolute Gasteiger partial charge is 0.379 e. The van der Waals surface area contributed by atoms with Crippen LogP contribution in [0.4, 0.5) is 0 Å². The zero-order valence-corrected chi connectivity index (χ0v) is 16.5. The summed E-state index contributed by atoms with van der Waals surface area (Å²) < 4.78 is 31.6. The number of hydrogen-bond acceptors (Lipinski definition) is 5. The van der Waals surface area contributed by atoms with Gasteiger partial charge in [-0.1, -0.05) is 12.1 Å². The average Bonchev–Trinajstić information content (AvgIpc) is 3.22. The standard InChI is InChI=1S/C19H29N3O4S/c23-19(20-8-3-9-21-12-14-26-15-13-21)18-6-4-17(5-7-18)16-27(24,25)22-10-1-2-11-22/h4-7H,1-3,8-16H2,(H,20,23). The van der Waals surface area contributed by atoms with Crippen LogP contribution >= 0.6 is 0 Å². The second kappa shape index (κ2) is 9.64. The van der Waals surface area contributed by atoms with Crippen molar-refractivity contribution >= 4 is 15.9 Å². The van der Waals surface area contributed by atoms with Crippen molar-refractivity contribution in [3.8, 4) is 0 Å². The van der Waals surface area contributed by atoms with Crippen LogP contribution in [0.5, 0.6) is 0 Å². The van der Waals surface area contributed by atoms with Gasteiger partial charge in [-0.2, -0.15) is 0 Å². The minimum Gasteiger partial charge on any atom is -0.379 e. The van der Waals surface area contributed by atoms with Gasteiger partial charge in [-0.05, 0) is 43.5 Å². The van der Waals surface area contributed by atoms with Crippen molar-refractivity contribution < 1.29 is 17.9 Å². The summed E-state index contributed by atoms with van der Waals surface area (Å²) in [6.07, 6.45) is 2.77. The summed E-state index contributed by atoms with van der Waals surface area (Å²) in [7, 11) is -3.26. The Hall–Kier alpha value is -1.48. The first kappa shape index (κ1) is 20.3. The quantitative estimate of drug-likeness (QED) is 0.666. The minimum absolute atomic E-state index is 0.00551. The van der Waals surface area contributed by atoms with Crippen LogP contribution in [0.15, 0.2) is 24.3 Å². The van der Waals surface area contributed by atoms with E-state index in [-0.39, 0.29) is 11.7 Å². The molecule has 150 valence electrons. The number of benzene rings is 1. The Balaban J connectivity index is 1.42. The van der Waals surface area contributed by atoms with E-state index < -0.39 is 10.0 Å². The maximum absolute atomic E-state index is 12.4. The summed E-state index contributed by atoms with van der Waals surface area (Å²) >= 11 is 0. The molecule has 2 fully saturated rings. The smallest absolute Gasteiger partial charge is 0.251 e. The Labute approximate surface area is 161 Å². The van der Waals surface area contributed by atoms with Crippen LogP contribution in [-0.4, -0.2) is 76.0 Å². The molecule has 1 N–H and O–H groups in total. The Morgan fingerprint density at radius 1 is 1.04 bits per heavy atom. The molecule has 3 rings (SSSR count). The van der Waals surface area contributed by atoms with Gasteiger partial charge in [-0.25, -0.2) is 12.7 Å². The first-order valence-electron chi connectivity index (χ1n) is 9.70. The topological polar surface area (TPSA) is 79.0 Å². The van der Waals surface area contributed by atoms with E-state index in [1.807, 2.05) is 0 Å². The van der Waals surface area contributed by atoms with Gasteiger partial charge in [0.05, 0.1) is 19.0 Å². The van der Waals surface area contributed by atoms with Crippen LogP contribution in [0.1, 0.15) is 35.2 Å². The Kier molecular flexibility index (Phi) is 7.23. The highest BCUT2D eigenvalue weighted by atomic mass is 32.2. The molecule has 2 saturated heterocycles. The summed E-state index contributed by atoms with van der Waals surface area (Å²) in [5, 5.41) is 2.93. The molecule has 0 aliphatic carbocycles. The highest BCUT2D eigenvalue weighted by Crippen LogP contribution is 2.17. The summed E-state index contributed by atoms with van der Waals surface area (Å²) in [5.74, 6) is -0.125. The number of rotatable bonds is 8. The van der Waals surface area contributed by atoms with Crippen LogP contribution in [0.2, 0.25) is 0 Å². The third-order valence-corrected chi connectivity index (χ3v) is 6.91. The van der Waals surface area contributed by atoms with E-state index in [1.165, 1.54) is 0 Å². The van der Waals surface area contributed by atoms with Gasteiger partial charge in [-0.3, -0.25) is 9.69 Å². The summed E-state index contributed by atoms with van der Waals surface area (Å²) in [5.41, 5.74) is 1.27. The second-order valence-electron chi connectivity index (χ2n) is 7.12. The van der Waals surface area contributed by atoms with Gasteiger partial charge in [-0.15, -0.1) is 0 Å². The van der Waals surface area contributed by atoms with Crippen molar-refractivity contribution in [3.05, 3.63) is 35.4 Å². The third kappa shape index (κ3) is 6.00. The second-order valence-corrected chi connectivity index (χ2v) is 9.09. The van der Waals surface area contributed by atoms with E-state index in [0.29, 0.717) is 30.8 Å². The monoisotopic (exact) mass is 395 g/mol. The van der Waals surface area contributed by atoms with Crippen molar-refractivity contribution in [2.45, 2.75) is 25.0 Å². The number of ether oxygens (including phenoxy) is 1. The number of amides is 1. The van der Waals surface area contributed by atoms with E-state index >= 15 is 0 Å². The van der Waals surface area contributed by atoms with E-state index in [9.17, 15) is 13.2 Å². The Bertz CT molecular complexity index is 709. The molecular weight excluding hydrogens is 366 g/mol. The van der Waals surface area contributed by atoms with Crippen molar-refractivity contribution in [3.63, 3.8) is 0 Å². The molecule has 1 aromatic rings. The predicted octanol–water partition coefficient (Wildman–Crippen LogP) is 1.06. The van der Waals surface area contributed by atoms with Crippen molar-refractivity contribution in [1.82, 2.24) is 14.5 Å². The minimum atomic E-state index is -3.26. The molecule has 1 amide bonds. The third-order valence-electron chi connectivity index (χ3n) is 5.06. The molecule has 0 unspecified atom stereocenters. The molecule has 0 radical (unpaired) electrons. The van der Waals surface area contributed by atoms with Crippen LogP contribution in [-0.2, 0) is 20.5 Å². The maximum atomic E-state index is 12.4. The molecule has 7 nitrogen and oxygen atoms in total. The molecular formula is C19H29N3O4S. The normalized spacial score (nSPS) is 19.3. The van der Waals surface area contributed by atoms with Crippen molar-refractivity contribution in [1.29, 1.82) is 0 Å². The van der Waals surface area contributed by atoms with Gasteiger partial charge in [0.25, 0.3) is 5.91 Å². The number of morpholine rings is 1. The molecule has 0 atom stereocenters. The Morgan fingerprint density at radius 2 is 1.70 bits per heavy atom. The first-order valence-corrected chi connectivity index (χ1v) is 11.3. The summed E-state index contributed by atoms with van der Waals surface area (Å²) in [6, 6.07) is 6.87. The van der Waals surface area contributed by atoms with Crippen LogP contribution in [0, 0.1) is 0 Å². The van der Waals surface area contributed by atoms with Gasteiger partial charge in [0.15, 0.2) is 0 Å². The lowest BCUT2D eigenvalue weighted by atomic mass is 10.1. The van der Waals surface area contributed by atoms with E-state index in [2.05, 4.69) is 10.2 Å². The number of nitrogens with one attached hydrogen (secondary N) is 1. The molecule has 0 saturated carbocycles. The van der Waals surface area contributed by atoms with Crippen LogP contribution < -0.4 is 5.32 Å². The molecule has 2 aliphatic heterocycles. The van der Waals surface area contributed by atoms with Crippen molar-refractivity contribution in [2.75, 3.05) is 52.5 Å². The molecule has 27 heavy (non-hydrogen) atoms. The fraction of sp³-hybridized carbons (Fsp3) is 0.632. The average molecular weight is 396 g/mol. The molecule has 1 aromatic carbocycles. The summed E-state index contributed by atoms with van der Waals surface area (Å²) in [4.78, 5) is 14.6. The highest BCUT2D eigenvalue weighted by molar-refractivity contribution is 7.88.